The highest BCUT2D eigenvalue weighted by atomic mass is 35.5. The number of carbonyl (C=O) groups excluding carboxylic acids is 1. The highest BCUT2D eigenvalue weighted by Crippen LogP contribution is 2.25. The first kappa shape index (κ1) is 15.8. The first-order valence-corrected chi connectivity index (χ1v) is 7.98. The second kappa shape index (κ2) is 7.99. The van der Waals surface area contributed by atoms with E-state index >= 15 is 0 Å². The van der Waals surface area contributed by atoms with Crippen LogP contribution in [0, 0.1) is 0 Å². The minimum absolute atomic E-state index is 0.0389. The Kier molecular flexibility index (Phi) is 6.01. The third-order valence-electron chi connectivity index (χ3n) is 3.63. The molecule has 0 heterocycles. The van der Waals surface area contributed by atoms with Crippen LogP contribution in [0.15, 0.2) is 54.6 Å². The largest absolute Gasteiger partial charge is 0.292 e. The third kappa shape index (κ3) is 4.44. The fraction of sp³-hybridized carbons (Fsp3) is 0.316. The predicted molar refractivity (Wildman–Crippen MR) is 89.0 cm³/mol. The van der Waals surface area contributed by atoms with Gasteiger partial charge in [0.2, 0.25) is 0 Å². The normalized spacial score (nSPS) is 12.1. The third-order valence-corrected chi connectivity index (χ3v) is 4.08. The second-order valence-electron chi connectivity index (χ2n) is 5.29. The minimum Gasteiger partial charge on any atom is -0.292 e. The van der Waals surface area contributed by atoms with Crippen molar-refractivity contribution in [1.29, 1.82) is 0 Å². The molecule has 0 spiro atoms. The van der Waals surface area contributed by atoms with Gasteiger partial charge in [0.25, 0.3) is 0 Å². The van der Waals surface area contributed by atoms with Crippen LogP contribution in [0.2, 0.25) is 0 Å². The molecule has 2 aromatic rings. The van der Waals surface area contributed by atoms with Crippen LogP contribution in [0.4, 0.5) is 0 Å². The molecule has 0 aromatic heterocycles. The number of ketones is 1. The van der Waals surface area contributed by atoms with Crippen LogP contribution in [0.25, 0.3) is 0 Å². The van der Waals surface area contributed by atoms with Gasteiger partial charge in [-0.2, -0.15) is 0 Å². The fourth-order valence-electron chi connectivity index (χ4n) is 2.33. The van der Waals surface area contributed by atoms with E-state index in [4.69, 9.17) is 11.6 Å². The van der Waals surface area contributed by atoms with Crippen LogP contribution >= 0.6 is 11.6 Å². The SMILES string of the molecule is CCCCCc1ccc(C(=O)C(Cl)c2ccccc2)cc1. The van der Waals surface area contributed by atoms with Crippen molar-refractivity contribution < 1.29 is 4.79 Å². The van der Waals surface area contributed by atoms with E-state index in [1.807, 2.05) is 54.6 Å². The van der Waals surface area contributed by atoms with Crippen LogP contribution in [-0.2, 0) is 6.42 Å². The summed E-state index contributed by atoms with van der Waals surface area (Å²) in [4.78, 5) is 12.4. The molecule has 0 radical (unpaired) electrons. The van der Waals surface area contributed by atoms with Crippen LogP contribution in [0.3, 0.4) is 0 Å². The van der Waals surface area contributed by atoms with Crippen LogP contribution in [-0.4, -0.2) is 5.78 Å². The smallest absolute Gasteiger partial charge is 0.185 e. The van der Waals surface area contributed by atoms with Gasteiger partial charge in [-0.3, -0.25) is 4.79 Å². The van der Waals surface area contributed by atoms with E-state index in [0.29, 0.717) is 5.56 Å². The van der Waals surface area contributed by atoms with Gasteiger partial charge in [-0.15, -0.1) is 11.6 Å². The van der Waals surface area contributed by atoms with Crippen molar-refractivity contribution in [3.63, 3.8) is 0 Å². The summed E-state index contributed by atoms with van der Waals surface area (Å²) in [7, 11) is 0. The summed E-state index contributed by atoms with van der Waals surface area (Å²) < 4.78 is 0. The topological polar surface area (TPSA) is 17.1 Å². The molecule has 2 rings (SSSR count). The average Bonchev–Trinajstić information content (AvgIpc) is 2.55. The summed E-state index contributed by atoms with van der Waals surface area (Å²) >= 11 is 6.28. The first-order chi connectivity index (χ1) is 10.2. The monoisotopic (exact) mass is 300 g/mol. The molecule has 0 aliphatic rings. The molecule has 2 heteroatoms. The Morgan fingerprint density at radius 2 is 1.67 bits per heavy atom. The Hall–Kier alpha value is -1.60. The average molecular weight is 301 g/mol. The van der Waals surface area contributed by atoms with Crippen molar-refractivity contribution in [3.8, 4) is 0 Å². The number of unbranched alkanes of at least 4 members (excludes halogenated alkanes) is 2. The minimum atomic E-state index is -0.614. The maximum atomic E-state index is 12.4. The maximum absolute atomic E-state index is 12.4. The highest BCUT2D eigenvalue weighted by molar-refractivity contribution is 6.33. The van der Waals surface area contributed by atoms with Gasteiger partial charge in [0.1, 0.15) is 5.38 Å². The van der Waals surface area contributed by atoms with E-state index in [0.717, 1.165) is 12.0 Å². The fourth-order valence-corrected chi connectivity index (χ4v) is 2.61. The van der Waals surface area contributed by atoms with Crippen LogP contribution < -0.4 is 0 Å². The number of carbonyl (C=O) groups is 1. The summed E-state index contributed by atoms with van der Waals surface area (Å²) in [6.45, 7) is 2.20. The molecule has 0 saturated heterocycles. The van der Waals surface area contributed by atoms with Gasteiger partial charge in [-0.05, 0) is 24.0 Å². The summed E-state index contributed by atoms with van der Waals surface area (Å²) in [5, 5.41) is -0.614. The molecule has 110 valence electrons. The summed E-state index contributed by atoms with van der Waals surface area (Å²) in [6, 6.07) is 17.3. The molecule has 0 N–H and O–H groups in total. The van der Waals surface area contributed by atoms with Gasteiger partial charge < -0.3 is 0 Å². The zero-order valence-electron chi connectivity index (χ0n) is 12.4. The van der Waals surface area contributed by atoms with Crippen molar-refractivity contribution in [2.75, 3.05) is 0 Å². The lowest BCUT2D eigenvalue weighted by Crippen LogP contribution is -2.07. The van der Waals surface area contributed by atoms with Gasteiger partial charge >= 0.3 is 0 Å². The van der Waals surface area contributed by atoms with E-state index < -0.39 is 5.38 Å². The van der Waals surface area contributed by atoms with Crippen molar-refractivity contribution in [2.24, 2.45) is 0 Å². The van der Waals surface area contributed by atoms with Crippen molar-refractivity contribution in [1.82, 2.24) is 0 Å². The second-order valence-corrected chi connectivity index (χ2v) is 5.73. The molecule has 2 aromatic carbocycles. The van der Waals surface area contributed by atoms with Crippen molar-refractivity contribution >= 4 is 17.4 Å². The lowest BCUT2D eigenvalue weighted by Gasteiger charge is -2.09. The Morgan fingerprint density at radius 1 is 1.00 bits per heavy atom. The number of Topliss-reactive ketones (excluding diaryl/α,β-unsaturated/α-hetero) is 1. The molecule has 21 heavy (non-hydrogen) atoms. The Labute approximate surface area is 132 Å². The molecular formula is C19H21ClO. The van der Waals surface area contributed by atoms with Crippen molar-refractivity contribution in [2.45, 2.75) is 38.0 Å². The predicted octanol–water partition coefficient (Wildman–Crippen LogP) is 5.58. The molecule has 1 unspecified atom stereocenters. The number of alkyl halides is 1. The number of halogens is 1. The number of hydrogen-bond acceptors (Lipinski definition) is 1. The standard InChI is InChI=1S/C19H21ClO/c1-2-3-5-8-15-11-13-17(14-12-15)19(21)18(20)16-9-6-4-7-10-16/h4,6-7,9-14,18H,2-3,5,8H2,1H3. The lowest BCUT2D eigenvalue weighted by molar-refractivity contribution is 0.0987. The number of benzene rings is 2. The number of hydrogen-bond donors (Lipinski definition) is 0. The van der Waals surface area contributed by atoms with Crippen LogP contribution in [0.5, 0.6) is 0 Å². The summed E-state index contributed by atoms with van der Waals surface area (Å²) in [5.41, 5.74) is 2.81. The maximum Gasteiger partial charge on any atom is 0.185 e. The van der Waals surface area contributed by atoms with E-state index in [9.17, 15) is 4.79 Å². The Bertz CT molecular complexity index is 560. The molecule has 0 bridgehead atoms. The molecule has 0 saturated carbocycles. The van der Waals surface area contributed by atoms with Crippen molar-refractivity contribution in [3.05, 3.63) is 71.3 Å². The molecule has 1 nitrogen and oxygen atoms in total. The number of aryl methyl sites for hydroxylation is 1. The highest BCUT2D eigenvalue weighted by Gasteiger charge is 2.18. The van der Waals surface area contributed by atoms with E-state index in [1.165, 1.54) is 24.8 Å². The molecule has 0 fully saturated rings. The zero-order chi connectivity index (χ0) is 15.1. The summed E-state index contributed by atoms with van der Waals surface area (Å²) in [6.07, 6.45) is 4.75. The van der Waals surface area contributed by atoms with Gasteiger partial charge in [-0.25, -0.2) is 0 Å². The summed E-state index contributed by atoms with van der Waals surface area (Å²) in [5.74, 6) is -0.0389. The van der Waals surface area contributed by atoms with E-state index in [-0.39, 0.29) is 5.78 Å². The van der Waals surface area contributed by atoms with Gasteiger partial charge in [0.05, 0.1) is 0 Å². The van der Waals surface area contributed by atoms with Crippen LogP contribution in [0.1, 0.15) is 53.0 Å². The quantitative estimate of drug-likeness (QED) is 0.370. The van der Waals surface area contributed by atoms with Gasteiger partial charge in [-0.1, -0.05) is 74.4 Å². The first-order valence-electron chi connectivity index (χ1n) is 7.54. The van der Waals surface area contributed by atoms with Gasteiger partial charge in [0, 0.05) is 5.56 Å². The molecule has 0 aliphatic heterocycles. The molecular weight excluding hydrogens is 280 g/mol. The van der Waals surface area contributed by atoms with Gasteiger partial charge in [0.15, 0.2) is 5.78 Å². The Balaban J connectivity index is 2.03. The zero-order valence-corrected chi connectivity index (χ0v) is 13.1. The van der Waals surface area contributed by atoms with E-state index in [1.54, 1.807) is 0 Å². The number of rotatable bonds is 7. The Morgan fingerprint density at radius 3 is 2.29 bits per heavy atom. The molecule has 1 atom stereocenters. The lowest BCUT2D eigenvalue weighted by atomic mass is 10.00. The van der Waals surface area contributed by atoms with E-state index in [2.05, 4.69) is 6.92 Å². The molecule has 0 amide bonds. The molecule has 0 aliphatic carbocycles.